The molecule has 0 heterocycles. The van der Waals surface area contributed by atoms with Gasteiger partial charge in [-0.2, -0.15) is 0 Å². The molecule has 0 aromatic heterocycles. The molecule has 0 aliphatic heterocycles. The first-order valence-corrected chi connectivity index (χ1v) is 4.68. The maximum atomic E-state index is 10.6. The van der Waals surface area contributed by atoms with Crippen molar-refractivity contribution in [3.05, 3.63) is 0 Å². The van der Waals surface area contributed by atoms with Gasteiger partial charge in [-0.05, 0) is 18.3 Å². The molecule has 0 radical (unpaired) electrons. The third-order valence-electron chi connectivity index (χ3n) is 2.89. The minimum Gasteiger partial charge on any atom is -0.465 e. The predicted octanol–water partition coefficient (Wildman–Crippen LogP) is 1.40. The van der Waals surface area contributed by atoms with Crippen molar-refractivity contribution in [2.75, 3.05) is 6.54 Å². The van der Waals surface area contributed by atoms with Crippen LogP contribution in [0.5, 0.6) is 0 Å². The molecule has 6 heteroatoms. The maximum absolute atomic E-state index is 10.6. The smallest absolute Gasteiger partial charge is 0.416 e. The summed E-state index contributed by atoms with van der Waals surface area (Å²) in [5, 5.41) is 17.3. The molecule has 15 heavy (non-hydrogen) atoms. The Kier molecular flexibility index (Phi) is 3.28. The highest BCUT2D eigenvalue weighted by molar-refractivity contribution is 5.85. The van der Waals surface area contributed by atoms with Crippen molar-refractivity contribution in [3.63, 3.8) is 0 Å². The summed E-state index contributed by atoms with van der Waals surface area (Å²) in [6, 6.07) is 0. The van der Waals surface area contributed by atoms with Crippen LogP contribution in [0.3, 0.4) is 0 Å². The minimum atomic E-state index is -1.49. The number of hydrogen-bond acceptors (Lipinski definition) is 3. The Morgan fingerprint density at radius 1 is 1.27 bits per heavy atom. The van der Waals surface area contributed by atoms with Crippen molar-refractivity contribution >= 4 is 18.5 Å². The van der Waals surface area contributed by atoms with E-state index in [1.54, 1.807) is 0 Å². The standard InChI is InChI=1S/C9H13NO5/c11-5-4-9(2-1-3-9)6-10(7(12)13)8(14)15/h5H,1-4,6H2,(H,12,13)(H,14,15). The Morgan fingerprint density at radius 3 is 2.07 bits per heavy atom. The van der Waals surface area contributed by atoms with Crippen LogP contribution in [-0.4, -0.2) is 40.1 Å². The van der Waals surface area contributed by atoms with Crippen LogP contribution in [0.25, 0.3) is 0 Å². The van der Waals surface area contributed by atoms with E-state index in [4.69, 9.17) is 10.2 Å². The normalized spacial score (nSPS) is 17.6. The van der Waals surface area contributed by atoms with Gasteiger partial charge in [0.05, 0.1) is 0 Å². The number of carboxylic acid groups (broad SMARTS) is 2. The van der Waals surface area contributed by atoms with Gasteiger partial charge >= 0.3 is 12.2 Å². The molecule has 0 saturated heterocycles. The molecule has 2 amide bonds. The predicted molar refractivity (Wildman–Crippen MR) is 49.7 cm³/mol. The van der Waals surface area contributed by atoms with Gasteiger partial charge in [-0.3, -0.25) is 0 Å². The third-order valence-corrected chi connectivity index (χ3v) is 2.89. The molecular weight excluding hydrogens is 202 g/mol. The lowest BCUT2D eigenvalue weighted by molar-refractivity contribution is -0.111. The van der Waals surface area contributed by atoms with E-state index in [1.165, 1.54) is 0 Å². The van der Waals surface area contributed by atoms with E-state index >= 15 is 0 Å². The second-order valence-electron chi connectivity index (χ2n) is 3.88. The van der Waals surface area contributed by atoms with Gasteiger partial charge in [0.25, 0.3) is 0 Å². The lowest BCUT2D eigenvalue weighted by Gasteiger charge is -2.42. The van der Waals surface area contributed by atoms with E-state index < -0.39 is 17.6 Å². The second kappa shape index (κ2) is 4.29. The van der Waals surface area contributed by atoms with Crippen LogP contribution in [0.2, 0.25) is 0 Å². The molecule has 1 aliphatic rings. The van der Waals surface area contributed by atoms with Gasteiger partial charge in [0.1, 0.15) is 6.29 Å². The van der Waals surface area contributed by atoms with Crippen LogP contribution >= 0.6 is 0 Å². The van der Waals surface area contributed by atoms with E-state index in [0.29, 0.717) is 17.7 Å². The summed E-state index contributed by atoms with van der Waals surface area (Å²) >= 11 is 0. The highest BCUT2D eigenvalue weighted by Crippen LogP contribution is 2.43. The molecule has 84 valence electrons. The second-order valence-corrected chi connectivity index (χ2v) is 3.88. The van der Waals surface area contributed by atoms with Crippen molar-refractivity contribution in [2.45, 2.75) is 25.7 Å². The van der Waals surface area contributed by atoms with E-state index in [-0.39, 0.29) is 13.0 Å². The van der Waals surface area contributed by atoms with Crippen molar-refractivity contribution in [3.8, 4) is 0 Å². The van der Waals surface area contributed by atoms with Crippen molar-refractivity contribution < 1.29 is 24.6 Å². The van der Waals surface area contributed by atoms with Crippen LogP contribution in [-0.2, 0) is 4.79 Å². The summed E-state index contributed by atoms with van der Waals surface area (Å²) in [7, 11) is 0. The van der Waals surface area contributed by atoms with Crippen LogP contribution in [0.4, 0.5) is 9.59 Å². The molecular formula is C9H13NO5. The van der Waals surface area contributed by atoms with Gasteiger partial charge in [-0.1, -0.05) is 6.42 Å². The van der Waals surface area contributed by atoms with E-state index in [2.05, 4.69) is 0 Å². The van der Waals surface area contributed by atoms with Crippen LogP contribution < -0.4 is 0 Å². The fraction of sp³-hybridized carbons (Fsp3) is 0.667. The Morgan fingerprint density at radius 2 is 1.80 bits per heavy atom. The van der Waals surface area contributed by atoms with Crippen LogP contribution in [0.1, 0.15) is 25.7 Å². The van der Waals surface area contributed by atoms with E-state index in [0.717, 1.165) is 12.7 Å². The molecule has 0 unspecified atom stereocenters. The molecule has 1 aliphatic carbocycles. The zero-order valence-corrected chi connectivity index (χ0v) is 8.18. The third kappa shape index (κ3) is 2.45. The Bertz CT molecular complexity index is 270. The average molecular weight is 215 g/mol. The highest BCUT2D eigenvalue weighted by atomic mass is 16.4. The van der Waals surface area contributed by atoms with Gasteiger partial charge in [-0.25, -0.2) is 14.5 Å². The molecule has 2 N–H and O–H groups in total. The summed E-state index contributed by atoms with van der Waals surface area (Å²) in [4.78, 5) is 32.0. The first kappa shape index (κ1) is 11.5. The van der Waals surface area contributed by atoms with Crippen LogP contribution in [0, 0.1) is 5.41 Å². The Balaban J connectivity index is 2.67. The molecule has 0 atom stereocenters. The topological polar surface area (TPSA) is 94.9 Å². The SMILES string of the molecule is O=CCC1(CN(C(=O)O)C(=O)O)CCC1. The first-order valence-electron chi connectivity index (χ1n) is 4.68. The molecule has 6 nitrogen and oxygen atoms in total. The summed E-state index contributed by atoms with van der Waals surface area (Å²) < 4.78 is 0. The summed E-state index contributed by atoms with van der Waals surface area (Å²) in [5.74, 6) is 0. The monoisotopic (exact) mass is 215 g/mol. The first-order chi connectivity index (χ1) is 7.01. The molecule has 1 saturated carbocycles. The van der Waals surface area contributed by atoms with Gasteiger partial charge in [-0.15, -0.1) is 0 Å². The lowest BCUT2D eigenvalue weighted by atomic mass is 9.66. The number of hydrogen-bond donors (Lipinski definition) is 2. The molecule has 0 spiro atoms. The fourth-order valence-corrected chi connectivity index (χ4v) is 1.83. The largest absolute Gasteiger partial charge is 0.465 e. The molecule has 1 rings (SSSR count). The highest BCUT2D eigenvalue weighted by Gasteiger charge is 2.41. The van der Waals surface area contributed by atoms with Crippen molar-refractivity contribution in [2.24, 2.45) is 5.41 Å². The Labute approximate surface area is 86.5 Å². The van der Waals surface area contributed by atoms with E-state index in [1.807, 2.05) is 0 Å². The number of nitrogens with zero attached hydrogens (tertiary/aromatic N) is 1. The number of rotatable bonds is 4. The quantitative estimate of drug-likeness (QED) is 0.691. The van der Waals surface area contributed by atoms with Crippen molar-refractivity contribution in [1.82, 2.24) is 4.90 Å². The zero-order chi connectivity index (χ0) is 11.5. The minimum absolute atomic E-state index is 0.101. The average Bonchev–Trinajstić information content (AvgIpc) is 2.08. The Hall–Kier alpha value is -1.59. The molecule has 1 fully saturated rings. The number of aldehydes is 1. The molecule has 0 aromatic rings. The molecule has 0 aromatic carbocycles. The maximum Gasteiger partial charge on any atom is 0.416 e. The number of carbonyl (C=O) groups excluding carboxylic acids is 1. The van der Waals surface area contributed by atoms with Crippen LogP contribution in [0.15, 0.2) is 0 Å². The fourth-order valence-electron chi connectivity index (χ4n) is 1.83. The van der Waals surface area contributed by atoms with Gasteiger partial charge in [0.2, 0.25) is 0 Å². The number of carbonyl (C=O) groups is 3. The summed E-state index contributed by atoms with van der Waals surface area (Å²) in [6.45, 7) is -0.101. The lowest BCUT2D eigenvalue weighted by Crippen LogP contribution is -2.46. The van der Waals surface area contributed by atoms with Gasteiger partial charge in [0, 0.05) is 13.0 Å². The van der Waals surface area contributed by atoms with Gasteiger partial charge in [0.15, 0.2) is 0 Å². The zero-order valence-electron chi connectivity index (χ0n) is 8.18. The number of amides is 2. The van der Waals surface area contributed by atoms with E-state index in [9.17, 15) is 14.4 Å². The summed E-state index contributed by atoms with van der Waals surface area (Å²) in [5.41, 5.74) is -0.446. The molecule has 0 bridgehead atoms. The number of imide groups is 1. The summed E-state index contributed by atoms with van der Waals surface area (Å²) in [6.07, 6.45) is 0.316. The van der Waals surface area contributed by atoms with Gasteiger partial charge < -0.3 is 15.0 Å². The van der Waals surface area contributed by atoms with Crippen molar-refractivity contribution in [1.29, 1.82) is 0 Å².